The van der Waals surface area contributed by atoms with Gasteiger partial charge in [-0.05, 0) is 23.8 Å². The van der Waals surface area contributed by atoms with Gasteiger partial charge >= 0.3 is 0 Å². The molecule has 3 heteroatoms. The molecule has 1 atom stereocenters. The van der Waals surface area contributed by atoms with E-state index in [9.17, 15) is 0 Å². The van der Waals surface area contributed by atoms with Gasteiger partial charge in [0, 0.05) is 30.2 Å². The monoisotopic (exact) mass is 270 g/mol. The average molecular weight is 270 g/mol. The second-order valence-corrected chi connectivity index (χ2v) is 6.05. The van der Waals surface area contributed by atoms with Crippen molar-refractivity contribution in [3.8, 4) is 0 Å². The van der Waals surface area contributed by atoms with Crippen LogP contribution in [0, 0.1) is 0 Å². The van der Waals surface area contributed by atoms with E-state index in [4.69, 9.17) is 5.73 Å². The van der Waals surface area contributed by atoms with Crippen molar-refractivity contribution >= 4 is 23.1 Å². The van der Waals surface area contributed by atoms with Crippen LogP contribution in [0.4, 0.5) is 11.4 Å². The Kier molecular flexibility index (Phi) is 3.38. The molecule has 0 amide bonds. The summed E-state index contributed by atoms with van der Waals surface area (Å²) in [4.78, 5) is 3.70. The molecule has 1 heterocycles. The molecule has 1 unspecified atom stereocenters. The minimum atomic E-state index is 0.589. The number of para-hydroxylation sites is 2. The second kappa shape index (κ2) is 5.17. The molecule has 0 saturated heterocycles. The van der Waals surface area contributed by atoms with Gasteiger partial charge in [-0.2, -0.15) is 0 Å². The Bertz CT molecular complexity index is 582. The number of nitrogens with two attached hydrogens (primary N) is 1. The van der Waals surface area contributed by atoms with Crippen molar-refractivity contribution in [2.24, 2.45) is 0 Å². The molecule has 19 heavy (non-hydrogen) atoms. The first-order chi connectivity index (χ1) is 9.25. The normalized spacial score (nSPS) is 17.2. The number of rotatable bonds is 3. The molecule has 0 saturated carbocycles. The second-order valence-electron chi connectivity index (χ2n) is 4.99. The fourth-order valence-electron chi connectivity index (χ4n) is 2.64. The van der Waals surface area contributed by atoms with E-state index in [0.29, 0.717) is 5.92 Å². The largest absolute Gasteiger partial charge is 0.397 e. The number of hydrogen-bond acceptors (Lipinski definition) is 3. The third-order valence-electron chi connectivity index (χ3n) is 3.64. The van der Waals surface area contributed by atoms with Gasteiger partial charge < -0.3 is 10.6 Å². The van der Waals surface area contributed by atoms with Gasteiger partial charge in [-0.1, -0.05) is 30.3 Å². The minimum absolute atomic E-state index is 0.589. The summed E-state index contributed by atoms with van der Waals surface area (Å²) in [5.74, 6) is 1.75. The van der Waals surface area contributed by atoms with E-state index < -0.39 is 0 Å². The highest BCUT2D eigenvalue weighted by Gasteiger charge is 2.24. The molecule has 0 aliphatic carbocycles. The fraction of sp³-hybridized carbons (Fsp3) is 0.250. The quantitative estimate of drug-likeness (QED) is 0.864. The van der Waals surface area contributed by atoms with Crippen LogP contribution in [0.5, 0.6) is 0 Å². The standard InChI is InChI=1S/C16H18N2S/c1-18(15-8-4-3-7-14(15)17)10-12-11-19-16-9-5-2-6-13(12)16/h2-9,12H,10-11,17H2,1H3. The number of likely N-dealkylation sites (N-methyl/N-ethyl adjacent to an activating group) is 1. The van der Waals surface area contributed by atoms with E-state index in [0.717, 1.165) is 23.7 Å². The number of benzene rings is 2. The fourth-order valence-corrected chi connectivity index (χ4v) is 3.89. The smallest absolute Gasteiger partial charge is 0.0597 e. The maximum absolute atomic E-state index is 6.04. The van der Waals surface area contributed by atoms with Crippen LogP contribution in [0.3, 0.4) is 0 Å². The first kappa shape index (κ1) is 12.4. The molecule has 0 radical (unpaired) electrons. The van der Waals surface area contributed by atoms with Crippen LogP contribution in [-0.4, -0.2) is 19.3 Å². The summed E-state index contributed by atoms with van der Waals surface area (Å²) in [7, 11) is 2.12. The average Bonchev–Trinajstić information content (AvgIpc) is 2.83. The Morgan fingerprint density at radius 2 is 1.89 bits per heavy atom. The summed E-state index contributed by atoms with van der Waals surface area (Å²) in [5, 5.41) is 0. The molecule has 2 N–H and O–H groups in total. The molecular formula is C16H18N2S. The number of fused-ring (bicyclic) bond motifs is 1. The summed E-state index contributed by atoms with van der Waals surface area (Å²) < 4.78 is 0. The van der Waals surface area contributed by atoms with Gasteiger partial charge in [0.05, 0.1) is 11.4 Å². The highest BCUT2D eigenvalue weighted by Crippen LogP contribution is 2.40. The summed E-state index contributed by atoms with van der Waals surface area (Å²) in [6, 6.07) is 16.8. The van der Waals surface area contributed by atoms with Gasteiger partial charge in [0.15, 0.2) is 0 Å². The number of nitrogen functional groups attached to an aromatic ring is 1. The van der Waals surface area contributed by atoms with E-state index in [1.807, 2.05) is 30.0 Å². The predicted molar refractivity (Wildman–Crippen MR) is 84.0 cm³/mol. The Labute approximate surface area is 118 Å². The lowest BCUT2D eigenvalue weighted by Crippen LogP contribution is -2.25. The van der Waals surface area contributed by atoms with E-state index >= 15 is 0 Å². The van der Waals surface area contributed by atoms with Crippen molar-refractivity contribution in [3.63, 3.8) is 0 Å². The van der Waals surface area contributed by atoms with Gasteiger partial charge in [0.25, 0.3) is 0 Å². The summed E-state index contributed by atoms with van der Waals surface area (Å²) >= 11 is 1.96. The molecule has 2 aromatic rings. The first-order valence-corrected chi connectivity index (χ1v) is 7.51. The van der Waals surface area contributed by atoms with Crippen molar-refractivity contribution in [1.29, 1.82) is 0 Å². The van der Waals surface area contributed by atoms with Crippen molar-refractivity contribution in [1.82, 2.24) is 0 Å². The topological polar surface area (TPSA) is 29.3 Å². The van der Waals surface area contributed by atoms with Crippen LogP contribution in [0.25, 0.3) is 0 Å². The Morgan fingerprint density at radius 3 is 2.74 bits per heavy atom. The Balaban J connectivity index is 1.78. The van der Waals surface area contributed by atoms with Crippen molar-refractivity contribution in [2.75, 3.05) is 30.0 Å². The van der Waals surface area contributed by atoms with Crippen LogP contribution in [0.2, 0.25) is 0 Å². The molecule has 2 nitrogen and oxygen atoms in total. The van der Waals surface area contributed by atoms with Gasteiger partial charge in [-0.15, -0.1) is 11.8 Å². The summed E-state index contributed by atoms with van der Waals surface area (Å²) in [5.41, 5.74) is 9.50. The Morgan fingerprint density at radius 1 is 1.16 bits per heavy atom. The highest BCUT2D eigenvalue weighted by molar-refractivity contribution is 7.99. The van der Waals surface area contributed by atoms with E-state index in [1.54, 1.807) is 0 Å². The number of anilines is 2. The maximum Gasteiger partial charge on any atom is 0.0597 e. The van der Waals surface area contributed by atoms with Crippen molar-refractivity contribution < 1.29 is 0 Å². The summed E-state index contributed by atoms with van der Waals surface area (Å²) in [6.45, 7) is 1.01. The first-order valence-electron chi connectivity index (χ1n) is 6.53. The minimum Gasteiger partial charge on any atom is -0.397 e. The molecule has 98 valence electrons. The molecule has 2 aromatic carbocycles. The predicted octanol–water partition coefficient (Wildman–Crippen LogP) is 3.59. The van der Waals surface area contributed by atoms with Crippen LogP contribution in [-0.2, 0) is 0 Å². The Hall–Kier alpha value is -1.61. The lowest BCUT2D eigenvalue weighted by Gasteiger charge is -2.24. The number of thioether (sulfide) groups is 1. The number of hydrogen-bond donors (Lipinski definition) is 1. The molecule has 0 bridgehead atoms. The molecule has 0 aromatic heterocycles. The molecule has 1 aliphatic heterocycles. The highest BCUT2D eigenvalue weighted by atomic mass is 32.2. The lowest BCUT2D eigenvalue weighted by atomic mass is 10.0. The molecule has 1 aliphatic rings. The van der Waals surface area contributed by atoms with Crippen LogP contribution in [0.1, 0.15) is 11.5 Å². The van der Waals surface area contributed by atoms with Gasteiger partial charge in [0.2, 0.25) is 0 Å². The third-order valence-corrected chi connectivity index (χ3v) is 4.89. The number of nitrogens with zero attached hydrogens (tertiary/aromatic N) is 1. The SMILES string of the molecule is CN(CC1CSc2ccccc21)c1ccccc1N. The van der Waals surface area contributed by atoms with Gasteiger partial charge in [-0.25, -0.2) is 0 Å². The third kappa shape index (κ3) is 2.43. The molecule has 3 rings (SSSR count). The van der Waals surface area contributed by atoms with E-state index in [1.165, 1.54) is 10.5 Å². The van der Waals surface area contributed by atoms with Crippen molar-refractivity contribution in [2.45, 2.75) is 10.8 Å². The zero-order chi connectivity index (χ0) is 13.2. The van der Waals surface area contributed by atoms with Crippen LogP contribution < -0.4 is 10.6 Å². The van der Waals surface area contributed by atoms with Gasteiger partial charge in [-0.3, -0.25) is 0 Å². The zero-order valence-electron chi connectivity index (χ0n) is 11.0. The zero-order valence-corrected chi connectivity index (χ0v) is 11.9. The van der Waals surface area contributed by atoms with Crippen LogP contribution in [0.15, 0.2) is 53.4 Å². The molecule has 0 fully saturated rings. The van der Waals surface area contributed by atoms with E-state index in [2.05, 4.69) is 42.3 Å². The molecular weight excluding hydrogens is 252 g/mol. The lowest BCUT2D eigenvalue weighted by molar-refractivity contribution is 0.745. The van der Waals surface area contributed by atoms with Crippen LogP contribution >= 0.6 is 11.8 Å². The molecule has 0 spiro atoms. The summed E-state index contributed by atoms with van der Waals surface area (Å²) in [6.07, 6.45) is 0. The maximum atomic E-state index is 6.04. The van der Waals surface area contributed by atoms with Gasteiger partial charge in [0.1, 0.15) is 0 Å². The van der Waals surface area contributed by atoms with E-state index in [-0.39, 0.29) is 0 Å². The van der Waals surface area contributed by atoms with Crippen molar-refractivity contribution in [3.05, 3.63) is 54.1 Å².